The lowest BCUT2D eigenvalue weighted by Gasteiger charge is -2.25. The van der Waals surface area contributed by atoms with Gasteiger partial charge in [-0.1, -0.05) is 142 Å². The number of rotatable bonds is 34. The summed E-state index contributed by atoms with van der Waals surface area (Å²) in [6.07, 6.45) is 17.0. The lowest BCUT2D eigenvalue weighted by atomic mass is 9.93. The lowest BCUT2D eigenvalue weighted by Crippen LogP contribution is -2.55. The van der Waals surface area contributed by atoms with Crippen LogP contribution in [0.4, 0.5) is 0 Å². The molecule has 7 atom stereocenters. The summed E-state index contributed by atoms with van der Waals surface area (Å²) in [4.78, 5) is 50.3. The first-order chi connectivity index (χ1) is 25.4. The smallest absolute Gasteiger partial charge is 0.326 e. The molecule has 310 valence electrons. The monoisotopic (exact) mass is 759 g/mol. The Morgan fingerprint density at radius 1 is 0.623 bits per heavy atom. The molecule has 1 saturated heterocycles. The van der Waals surface area contributed by atoms with Crippen LogP contribution in [-0.2, 0) is 28.7 Å². The first-order valence-corrected chi connectivity index (χ1v) is 20.8. The second-order valence-electron chi connectivity index (χ2n) is 15.1. The van der Waals surface area contributed by atoms with Crippen molar-refractivity contribution in [2.45, 2.75) is 218 Å². The third-order valence-corrected chi connectivity index (χ3v) is 10.2. The summed E-state index contributed by atoms with van der Waals surface area (Å²) >= 11 is 0. The third-order valence-electron chi connectivity index (χ3n) is 10.2. The van der Waals surface area contributed by atoms with Gasteiger partial charge in [-0.25, -0.2) is 4.79 Å². The number of carbonyl (C=O) groups is 4. The van der Waals surface area contributed by atoms with Crippen LogP contribution in [0.3, 0.4) is 0 Å². The molecule has 2 amide bonds. The van der Waals surface area contributed by atoms with Gasteiger partial charge < -0.3 is 45.6 Å². The topological polar surface area (TPSA) is 212 Å². The van der Waals surface area contributed by atoms with Crippen molar-refractivity contribution >= 4 is 23.8 Å². The Labute approximate surface area is 318 Å². The predicted molar refractivity (Wildman–Crippen MR) is 203 cm³/mol. The molecule has 0 spiro atoms. The van der Waals surface area contributed by atoms with Crippen LogP contribution >= 0.6 is 0 Å². The van der Waals surface area contributed by atoms with Crippen LogP contribution in [0.5, 0.6) is 0 Å². The molecule has 1 rings (SSSR count). The van der Waals surface area contributed by atoms with E-state index in [0.29, 0.717) is 12.8 Å². The van der Waals surface area contributed by atoms with Crippen LogP contribution in [0.2, 0.25) is 0 Å². The number of aliphatic hydroxyl groups is 3. The number of ether oxygens (including phenoxy) is 2. The van der Waals surface area contributed by atoms with E-state index in [1.807, 2.05) is 0 Å². The first kappa shape index (κ1) is 48.7. The zero-order chi connectivity index (χ0) is 39.4. The zero-order valence-corrected chi connectivity index (χ0v) is 33.0. The van der Waals surface area contributed by atoms with Gasteiger partial charge in [0.1, 0.15) is 30.4 Å². The van der Waals surface area contributed by atoms with Crippen molar-refractivity contribution in [3.05, 3.63) is 0 Å². The first-order valence-electron chi connectivity index (χ1n) is 20.8. The molecule has 0 aliphatic carbocycles. The Hall–Kier alpha value is -2.32. The molecule has 1 aliphatic rings. The molecule has 1 aliphatic heterocycles. The zero-order valence-electron chi connectivity index (χ0n) is 33.0. The number of nitrogens with one attached hydrogen (secondary N) is 2. The van der Waals surface area contributed by atoms with Gasteiger partial charge in [-0.15, -0.1) is 0 Å². The van der Waals surface area contributed by atoms with Gasteiger partial charge in [0.05, 0.1) is 12.7 Å². The van der Waals surface area contributed by atoms with Gasteiger partial charge in [0.15, 0.2) is 6.29 Å². The molecule has 0 aromatic heterocycles. The molecule has 13 nitrogen and oxygen atoms in total. The van der Waals surface area contributed by atoms with E-state index < -0.39 is 73.7 Å². The van der Waals surface area contributed by atoms with Crippen LogP contribution < -0.4 is 10.6 Å². The van der Waals surface area contributed by atoms with E-state index in [2.05, 4.69) is 24.5 Å². The number of hydrogen-bond acceptors (Lipinski definition) is 9. The maximum Gasteiger partial charge on any atom is 0.326 e. The minimum Gasteiger partial charge on any atom is -0.481 e. The summed E-state index contributed by atoms with van der Waals surface area (Å²) in [5.74, 6) is -4.30. The molecule has 53 heavy (non-hydrogen) atoms. The molecule has 0 unspecified atom stereocenters. The summed E-state index contributed by atoms with van der Waals surface area (Å²) in [5, 5.41) is 54.4. The minimum absolute atomic E-state index is 0.368. The van der Waals surface area contributed by atoms with Crippen molar-refractivity contribution < 1.29 is 54.2 Å². The molecular formula is C40H74N2O11. The second kappa shape index (κ2) is 30.0. The van der Waals surface area contributed by atoms with E-state index in [4.69, 9.17) is 14.6 Å². The molecule has 0 radical (unpaired) electrons. The molecule has 13 heteroatoms. The lowest BCUT2D eigenvalue weighted by molar-refractivity contribution is -0.181. The quantitative estimate of drug-likeness (QED) is 0.0379. The highest BCUT2D eigenvalue weighted by Crippen LogP contribution is 2.25. The van der Waals surface area contributed by atoms with Crippen LogP contribution in [0.25, 0.3) is 0 Å². The molecule has 0 aromatic carbocycles. The number of amides is 2. The average Bonchev–Trinajstić information content (AvgIpc) is 3.41. The number of aliphatic hydroxyl groups excluding tert-OH is 3. The van der Waals surface area contributed by atoms with Crippen molar-refractivity contribution in [1.82, 2.24) is 10.6 Å². The SMILES string of the molecule is CCCCCCCCCCCCC(CCCCCCCCCCCC)C(=O)N[C@H](CO[C@@H]1O[C@H]([C@H](C)O)[C@@H](O)[C@@H]1O)C(=O)N[C@@H](CCC(=O)O)C(=O)O. The standard InChI is InChI=1S/C40H74N2O11/c1-4-6-8-10-12-14-16-18-20-22-24-30(25-23-21-19-17-15-13-11-9-7-5-2)37(48)42-32(38(49)41-31(39(50)51)26-27-33(44)45)28-52-40-35(47)34(46)36(53-40)29(3)43/h29-32,34-36,40,43,46-47H,4-28H2,1-3H3,(H,41,49)(H,42,48)(H,44,45)(H,50,51)/t29-,31-,32+,34-,35-,36+,40+/m0/s1. The van der Waals surface area contributed by atoms with E-state index in [1.165, 1.54) is 84.0 Å². The number of unbranched alkanes of at least 4 members (excludes halogenated alkanes) is 18. The van der Waals surface area contributed by atoms with Crippen molar-refractivity contribution in [3.8, 4) is 0 Å². The summed E-state index contributed by atoms with van der Waals surface area (Å²) in [6.45, 7) is 5.27. The van der Waals surface area contributed by atoms with Crippen LogP contribution in [-0.4, -0.2) is 98.7 Å². The van der Waals surface area contributed by atoms with Gasteiger partial charge in [-0.05, 0) is 26.2 Å². The fourth-order valence-electron chi connectivity index (χ4n) is 6.83. The Morgan fingerprint density at radius 2 is 1.06 bits per heavy atom. The van der Waals surface area contributed by atoms with E-state index in [-0.39, 0.29) is 18.2 Å². The van der Waals surface area contributed by atoms with Crippen molar-refractivity contribution in [1.29, 1.82) is 0 Å². The molecule has 1 fully saturated rings. The highest BCUT2D eigenvalue weighted by atomic mass is 16.7. The van der Waals surface area contributed by atoms with Gasteiger partial charge in [0.2, 0.25) is 11.8 Å². The maximum absolute atomic E-state index is 13.8. The van der Waals surface area contributed by atoms with Gasteiger partial charge in [0.25, 0.3) is 0 Å². The summed E-state index contributed by atoms with van der Waals surface area (Å²) < 4.78 is 11.1. The molecule has 0 bridgehead atoms. The Balaban J connectivity index is 2.94. The molecular weight excluding hydrogens is 684 g/mol. The van der Waals surface area contributed by atoms with Gasteiger partial charge >= 0.3 is 11.9 Å². The molecule has 0 aromatic rings. The number of carbonyl (C=O) groups excluding carboxylic acids is 2. The Bertz CT molecular complexity index is 974. The van der Waals surface area contributed by atoms with Crippen molar-refractivity contribution in [2.24, 2.45) is 5.92 Å². The second-order valence-corrected chi connectivity index (χ2v) is 15.1. The minimum atomic E-state index is -1.54. The van der Waals surface area contributed by atoms with Crippen LogP contribution in [0.1, 0.15) is 175 Å². The van der Waals surface area contributed by atoms with Gasteiger partial charge in [0, 0.05) is 12.3 Å². The predicted octanol–water partition coefficient (Wildman–Crippen LogP) is 5.99. The normalized spacial score (nSPS) is 20.3. The van der Waals surface area contributed by atoms with Crippen molar-refractivity contribution in [2.75, 3.05) is 6.61 Å². The number of carboxylic acid groups (broad SMARTS) is 2. The fraction of sp³-hybridized carbons (Fsp3) is 0.900. The molecule has 1 heterocycles. The maximum atomic E-state index is 13.8. The number of hydrogen-bond donors (Lipinski definition) is 7. The summed E-state index contributed by atoms with van der Waals surface area (Å²) in [7, 11) is 0. The largest absolute Gasteiger partial charge is 0.481 e. The van der Waals surface area contributed by atoms with E-state index in [9.17, 15) is 39.6 Å². The van der Waals surface area contributed by atoms with Gasteiger partial charge in [-0.2, -0.15) is 0 Å². The van der Waals surface area contributed by atoms with Crippen LogP contribution in [0, 0.1) is 5.92 Å². The average molecular weight is 759 g/mol. The van der Waals surface area contributed by atoms with E-state index >= 15 is 0 Å². The van der Waals surface area contributed by atoms with Crippen molar-refractivity contribution in [3.63, 3.8) is 0 Å². The number of aliphatic carboxylic acids is 2. The molecule has 0 saturated carbocycles. The highest BCUT2D eigenvalue weighted by Gasteiger charge is 2.46. The molecule has 7 N–H and O–H groups in total. The van der Waals surface area contributed by atoms with Gasteiger partial charge in [-0.3, -0.25) is 14.4 Å². The van der Waals surface area contributed by atoms with E-state index in [1.54, 1.807) is 0 Å². The summed E-state index contributed by atoms with van der Waals surface area (Å²) in [6, 6.07) is -2.93. The fourth-order valence-corrected chi connectivity index (χ4v) is 6.83. The number of carboxylic acids is 2. The van der Waals surface area contributed by atoms with Crippen LogP contribution in [0.15, 0.2) is 0 Å². The van der Waals surface area contributed by atoms with E-state index in [0.717, 1.165) is 51.4 Å². The Morgan fingerprint density at radius 3 is 1.45 bits per heavy atom. The highest BCUT2D eigenvalue weighted by molar-refractivity contribution is 5.91. The third kappa shape index (κ3) is 22.0. The Kier molecular flexibility index (Phi) is 27.5. The summed E-state index contributed by atoms with van der Waals surface area (Å²) in [5.41, 5.74) is 0.